The first-order valence-corrected chi connectivity index (χ1v) is 11.3. The van der Waals surface area contributed by atoms with E-state index in [9.17, 15) is 18.4 Å². The molecule has 188 valence electrons. The molecular formula is C25H26F2N6O3. The summed E-state index contributed by atoms with van der Waals surface area (Å²) in [6.07, 6.45) is 1.54. The van der Waals surface area contributed by atoms with Crippen molar-refractivity contribution in [2.24, 2.45) is 0 Å². The number of pyridine rings is 1. The zero-order valence-corrected chi connectivity index (χ0v) is 19.8. The standard InChI is InChI=1S/C25H26F2N6O3/c1-16-6-8-21(36-2)20(14-16)30-24(34)29-17-7-9-22(28-15-17)32-10-12-33(13-11-32)25(35)31-23-18(26)4-3-5-19(23)27/h3-9,14-15H,10-13H2,1-2H3,(H,31,35)(H2,29,30,34). The monoisotopic (exact) mass is 496 g/mol. The molecule has 0 atom stereocenters. The summed E-state index contributed by atoms with van der Waals surface area (Å²) in [5.74, 6) is -0.421. The van der Waals surface area contributed by atoms with Gasteiger partial charge < -0.3 is 30.5 Å². The lowest BCUT2D eigenvalue weighted by molar-refractivity contribution is 0.208. The van der Waals surface area contributed by atoms with E-state index in [1.807, 2.05) is 24.0 Å². The van der Waals surface area contributed by atoms with Crippen molar-refractivity contribution in [1.29, 1.82) is 0 Å². The number of para-hydroxylation sites is 1. The van der Waals surface area contributed by atoms with Gasteiger partial charge in [0.2, 0.25) is 0 Å². The lowest BCUT2D eigenvalue weighted by atomic mass is 10.2. The predicted octanol–water partition coefficient (Wildman–Crippen LogP) is 4.67. The van der Waals surface area contributed by atoms with E-state index in [-0.39, 0.29) is 0 Å². The number of hydrogen-bond donors (Lipinski definition) is 3. The summed E-state index contributed by atoms with van der Waals surface area (Å²) in [6.45, 7) is 3.59. The summed E-state index contributed by atoms with van der Waals surface area (Å²) in [6, 6.07) is 11.4. The van der Waals surface area contributed by atoms with Gasteiger partial charge in [0.25, 0.3) is 0 Å². The molecule has 0 bridgehead atoms. The molecule has 1 aliphatic heterocycles. The highest BCUT2D eigenvalue weighted by molar-refractivity contribution is 6.00. The van der Waals surface area contributed by atoms with Gasteiger partial charge in [-0.25, -0.2) is 23.4 Å². The Morgan fingerprint density at radius 1 is 0.944 bits per heavy atom. The van der Waals surface area contributed by atoms with E-state index in [2.05, 4.69) is 20.9 Å². The second-order valence-electron chi connectivity index (χ2n) is 8.19. The molecule has 4 amide bonds. The van der Waals surface area contributed by atoms with E-state index in [0.29, 0.717) is 49.1 Å². The fourth-order valence-corrected chi connectivity index (χ4v) is 3.79. The third-order valence-electron chi connectivity index (χ3n) is 5.69. The summed E-state index contributed by atoms with van der Waals surface area (Å²) in [5, 5.41) is 7.81. The molecule has 0 aliphatic carbocycles. The SMILES string of the molecule is COc1ccc(C)cc1NC(=O)Nc1ccc(N2CCN(C(=O)Nc3c(F)cccc3F)CC2)nc1. The highest BCUT2D eigenvalue weighted by Gasteiger charge is 2.23. The van der Waals surface area contributed by atoms with E-state index in [4.69, 9.17) is 4.74 Å². The average molecular weight is 497 g/mol. The molecule has 3 N–H and O–H groups in total. The van der Waals surface area contributed by atoms with Crippen LogP contribution in [0.25, 0.3) is 0 Å². The minimum atomic E-state index is -0.827. The van der Waals surface area contributed by atoms with Crippen LogP contribution in [0.5, 0.6) is 5.75 Å². The van der Waals surface area contributed by atoms with Crippen molar-refractivity contribution in [3.05, 3.63) is 71.9 Å². The summed E-state index contributed by atoms with van der Waals surface area (Å²) < 4.78 is 32.9. The number of nitrogens with zero attached hydrogens (tertiary/aromatic N) is 3. The van der Waals surface area contributed by atoms with Gasteiger partial charge in [-0.2, -0.15) is 0 Å². The van der Waals surface area contributed by atoms with Gasteiger partial charge in [0.05, 0.1) is 24.7 Å². The summed E-state index contributed by atoms with van der Waals surface area (Å²) in [4.78, 5) is 32.7. The number of benzene rings is 2. The van der Waals surface area contributed by atoms with Crippen molar-refractivity contribution < 1.29 is 23.1 Å². The molecule has 0 spiro atoms. The first-order valence-electron chi connectivity index (χ1n) is 11.3. The van der Waals surface area contributed by atoms with Gasteiger partial charge in [0, 0.05) is 26.2 Å². The van der Waals surface area contributed by atoms with Crippen molar-refractivity contribution in [3.63, 3.8) is 0 Å². The Morgan fingerprint density at radius 2 is 1.67 bits per heavy atom. The maximum absolute atomic E-state index is 13.8. The number of carbonyl (C=O) groups excluding carboxylic acids is 2. The number of amides is 4. The zero-order chi connectivity index (χ0) is 25.7. The van der Waals surface area contributed by atoms with Gasteiger partial charge in [0.1, 0.15) is 28.9 Å². The largest absolute Gasteiger partial charge is 0.495 e. The van der Waals surface area contributed by atoms with Crippen LogP contribution in [0.3, 0.4) is 0 Å². The van der Waals surface area contributed by atoms with Gasteiger partial charge in [-0.15, -0.1) is 0 Å². The Bertz CT molecular complexity index is 1230. The molecule has 0 radical (unpaired) electrons. The Labute approximate surface area is 207 Å². The maximum Gasteiger partial charge on any atom is 0.323 e. The molecule has 36 heavy (non-hydrogen) atoms. The van der Waals surface area contributed by atoms with E-state index < -0.39 is 29.4 Å². The molecule has 2 aromatic carbocycles. The van der Waals surface area contributed by atoms with Gasteiger partial charge in [-0.3, -0.25) is 0 Å². The molecule has 9 nitrogen and oxygen atoms in total. The Balaban J connectivity index is 1.29. The van der Waals surface area contributed by atoms with Crippen LogP contribution in [0.15, 0.2) is 54.7 Å². The number of nitrogens with one attached hydrogen (secondary N) is 3. The summed E-state index contributed by atoms with van der Waals surface area (Å²) in [7, 11) is 1.53. The number of piperazine rings is 1. The van der Waals surface area contributed by atoms with E-state index in [1.165, 1.54) is 18.1 Å². The molecular weight excluding hydrogens is 470 g/mol. The fraction of sp³-hybridized carbons (Fsp3) is 0.240. The second kappa shape index (κ2) is 10.9. The Hall–Kier alpha value is -4.41. The zero-order valence-electron chi connectivity index (χ0n) is 19.8. The van der Waals surface area contributed by atoms with Crippen LogP contribution in [0.4, 0.5) is 41.2 Å². The van der Waals surface area contributed by atoms with Gasteiger partial charge >= 0.3 is 12.1 Å². The number of anilines is 4. The summed E-state index contributed by atoms with van der Waals surface area (Å²) in [5.41, 5.74) is 1.58. The summed E-state index contributed by atoms with van der Waals surface area (Å²) >= 11 is 0. The van der Waals surface area contributed by atoms with Crippen molar-refractivity contribution in [3.8, 4) is 5.75 Å². The van der Waals surface area contributed by atoms with E-state index >= 15 is 0 Å². The van der Waals surface area contributed by atoms with Gasteiger partial charge in [-0.1, -0.05) is 12.1 Å². The van der Waals surface area contributed by atoms with Crippen LogP contribution < -0.4 is 25.6 Å². The fourth-order valence-electron chi connectivity index (χ4n) is 3.79. The first-order chi connectivity index (χ1) is 17.3. The number of halogens is 2. The van der Waals surface area contributed by atoms with Crippen molar-refractivity contribution in [2.75, 3.05) is 54.1 Å². The molecule has 4 rings (SSSR count). The number of methoxy groups -OCH3 is 1. The number of carbonyl (C=O) groups is 2. The quantitative estimate of drug-likeness (QED) is 0.477. The number of aromatic nitrogens is 1. The van der Waals surface area contributed by atoms with Crippen LogP contribution in [0.1, 0.15) is 5.56 Å². The van der Waals surface area contributed by atoms with Crippen LogP contribution >= 0.6 is 0 Å². The number of rotatable bonds is 5. The Morgan fingerprint density at radius 3 is 2.31 bits per heavy atom. The molecule has 1 aliphatic rings. The minimum Gasteiger partial charge on any atom is -0.495 e. The lowest BCUT2D eigenvalue weighted by Gasteiger charge is -2.35. The van der Waals surface area contributed by atoms with Crippen LogP contribution in [0, 0.1) is 18.6 Å². The normalized spacial score (nSPS) is 13.2. The molecule has 1 aromatic heterocycles. The Kier molecular flexibility index (Phi) is 7.47. The third kappa shape index (κ3) is 5.80. The van der Waals surface area contributed by atoms with Gasteiger partial charge in [0.15, 0.2) is 0 Å². The topological polar surface area (TPSA) is 98.8 Å². The molecule has 0 unspecified atom stereocenters. The van der Waals surface area contributed by atoms with Crippen LogP contribution in [-0.2, 0) is 0 Å². The molecule has 11 heteroatoms. The third-order valence-corrected chi connectivity index (χ3v) is 5.69. The average Bonchev–Trinajstić information content (AvgIpc) is 2.87. The molecule has 1 fully saturated rings. The van der Waals surface area contributed by atoms with Gasteiger partial charge in [-0.05, 0) is 48.9 Å². The van der Waals surface area contributed by atoms with Crippen molar-refractivity contribution >= 4 is 34.9 Å². The smallest absolute Gasteiger partial charge is 0.323 e. The number of hydrogen-bond acceptors (Lipinski definition) is 5. The van der Waals surface area contributed by atoms with E-state index in [0.717, 1.165) is 17.7 Å². The highest BCUT2D eigenvalue weighted by Crippen LogP contribution is 2.25. The lowest BCUT2D eigenvalue weighted by Crippen LogP contribution is -2.50. The van der Waals surface area contributed by atoms with Crippen LogP contribution in [-0.4, -0.2) is 55.2 Å². The van der Waals surface area contributed by atoms with Crippen LogP contribution in [0.2, 0.25) is 0 Å². The number of ether oxygens (including phenoxy) is 1. The molecule has 1 saturated heterocycles. The van der Waals surface area contributed by atoms with E-state index in [1.54, 1.807) is 24.4 Å². The molecule has 0 saturated carbocycles. The minimum absolute atomic E-state index is 0.352. The second-order valence-corrected chi connectivity index (χ2v) is 8.19. The van der Waals surface area contributed by atoms with Crippen molar-refractivity contribution in [1.82, 2.24) is 9.88 Å². The number of aryl methyl sites for hydroxylation is 1. The van der Waals surface area contributed by atoms with Crippen molar-refractivity contribution in [2.45, 2.75) is 6.92 Å². The number of urea groups is 2. The predicted molar refractivity (Wildman–Crippen MR) is 134 cm³/mol. The molecule has 3 aromatic rings. The first kappa shape index (κ1) is 24.7. The highest BCUT2D eigenvalue weighted by atomic mass is 19.1. The maximum atomic E-state index is 13.8. The molecule has 2 heterocycles.